The Bertz CT molecular complexity index is 209. The van der Waals surface area contributed by atoms with E-state index in [2.05, 4.69) is 4.90 Å². The van der Waals surface area contributed by atoms with E-state index in [9.17, 15) is 4.79 Å². The molecule has 1 saturated heterocycles. The van der Waals surface area contributed by atoms with Gasteiger partial charge in [-0.25, -0.2) is 0 Å². The Morgan fingerprint density at radius 2 is 1.79 bits per heavy atom. The molecule has 1 heterocycles. The van der Waals surface area contributed by atoms with Crippen LogP contribution in [0.5, 0.6) is 0 Å². The second kappa shape index (κ2) is 4.28. The Morgan fingerprint density at radius 3 is 2.29 bits per heavy atom. The monoisotopic (exact) mass is 199 g/mol. The zero-order chi connectivity index (χ0) is 9.97. The first kappa shape index (κ1) is 9.93. The molecule has 2 fully saturated rings. The van der Waals surface area contributed by atoms with Crippen molar-refractivity contribution in [3.63, 3.8) is 0 Å². The third-order valence-corrected chi connectivity index (χ3v) is 2.99. The second-order valence-corrected chi connectivity index (χ2v) is 4.14. The van der Waals surface area contributed by atoms with E-state index in [1.54, 1.807) is 0 Å². The Balaban J connectivity index is 1.90. The molecule has 1 saturated carbocycles. The second-order valence-electron chi connectivity index (χ2n) is 4.14. The lowest BCUT2D eigenvalue weighted by atomic mass is 10.1. The number of carboxylic acids is 1. The van der Waals surface area contributed by atoms with Crippen molar-refractivity contribution < 1.29 is 14.6 Å². The van der Waals surface area contributed by atoms with Gasteiger partial charge in [0.25, 0.3) is 0 Å². The molecule has 1 aliphatic heterocycles. The van der Waals surface area contributed by atoms with Gasteiger partial charge in [0.2, 0.25) is 0 Å². The summed E-state index contributed by atoms with van der Waals surface area (Å²) in [5.41, 5.74) is 0. The Morgan fingerprint density at radius 1 is 1.21 bits per heavy atom. The first-order valence-electron chi connectivity index (χ1n) is 5.32. The van der Waals surface area contributed by atoms with Crippen LogP contribution < -0.4 is 0 Å². The van der Waals surface area contributed by atoms with Gasteiger partial charge in [-0.2, -0.15) is 0 Å². The number of nitrogens with zero attached hydrogens (tertiary/aromatic N) is 1. The van der Waals surface area contributed by atoms with Crippen molar-refractivity contribution in [2.24, 2.45) is 0 Å². The van der Waals surface area contributed by atoms with Crippen molar-refractivity contribution in [2.75, 3.05) is 19.8 Å². The van der Waals surface area contributed by atoms with Crippen LogP contribution in [-0.4, -0.2) is 47.8 Å². The van der Waals surface area contributed by atoms with Gasteiger partial charge in [-0.1, -0.05) is 0 Å². The number of aliphatic carboxylic acids is 1. The highest BCUT2D eigenvalue weighted by molar-refractivity contribution is 5.69. The van der Waals surface area contributed by atoms with Gasteiger partial charge < -0.3 is 9.84 Å². The number of carbonyl (C=O) groups is 1. The van der Waals surface area contributed by atoms with E-state index in [-0.39, 0.29) is 6.54 Å². The molecule has 0 spiro atoms. The minimum absolute atomic E-state index is 0.204. The predicted octanol–water partition coefficient (Wildman–Crippen LogP) is 0.714. The lowest BCUT2D eigenvalue weighted by Gasteiger charge is -2.33. The zero-order valence-electron chi connectivity index (χ0n) is 8.32. The van der Waals surface area contributed by atoms with E-state index in [1.807, 2.05) is 0 Å². The van der Waals surface area contributed by atoms with Gasteiger partial charge in [-0.3, -0.25) is 9.69 Å². The first-order valence-corrected chi connectivity index (χ1v) is 5.32. The van der Waals surface area contributed by atoms with Gasteiger partial charge in [-0.15, -0.1) is 0 Å². The molecule has 0 aromatic carbocycles. The summed E-state index contributed by atoms with van der Waals surface area (Å²) in [6, 6.07) is 0.974. The lowest BCUT2D eigenvalue weighted by molar-refractivity contribution is -0.139. The maximum Gasteiger partial charge on any atom is 0.317 e. The smallest absolute Gasteiger partial charge is 0.317 e. The number of hydrogen-bond donors (Lipinski definition) is 1. The Kier molecular flexibility index (Phi) is 3.03. The predicted molar refractivity (Wildman–Crippen MR) is 51.2 cm³/mol. The van der Waals surface area contributed by atoms with E-state index in [4.69, 9.17) is 9.84 Å². The summed E-state index contributed by atoms with van der Waals surface area (Å²) in [4.78, 5) is 12.9. The molecule has 0 aromatic heterocycles. The molecule has 0 bridgehead atoms. The topological polar surface area (TPSA) is 49.8 Å². The highest BCUT2D eigenvalue weighted by Crippen LogP contribution is 2.31. The third-order valence-electron chi connectivity index (χ3n) is 2.99. The van der Waals surface area contributed by atoms with Crippen molar-refractivity contribution in [2.45, 2.75) is 37.8 Å². The van der Waals surface area contributed by atoms with Gasteiger partial charge in [-0.05, 0) is 25.7 Å². The van der Waals surface area contributed by atoms with Gasteiger partial charge in [0.15, 0.2) is 0 Å². The first-order chi connectivity index (χ1) is 6.77. The molecule has 1 aliphatic carbocycles. The fourth-order valence-electron chi connectivity index (χ4n) is 2.14. The van der Waals surface area contributed by atoms with Crippen molar-refractivity contribution in [3.05, 3.63) is 0 Å². The van der Waals surface area contributed by atoms with Crippen LogP contribution in [0, 0.1) is 0 Å². The van der Waals surface area contributed by atoms with Crippen LogP contribution in [0.1, 0.15) is 25.7 Å². The highest BCUT2D eigenvalue weighted by Gasteiger charge is 2.35. The molecular weight excluding hydrogens is 182 g/mol. The fraction of sp³-hybridized carbons (Fsp3) is 0.900. The Labute approximate surface area is 83.8 Å². The normalized spacial score (nSPS) is 24.1. The van der Waals surface area contributed by atoms with Gasteiger partial charge in [0.05, 0.1) is 6.54 Å². The summed E-state index contributed by atoms with van der Waals surface area (Å²) in [5, 5.41) is 8.82. The average molecular weight is 199 g/mol. The van der Waals surface area contributed by atoms with E-state index in [0.717, 1.165) is 26.1 Å². The largest absolute Gasteiger partial charge is 0.480 e. The molecule has 2 aliphatic rings. The van der Waals surface area contributed by atoms with E-state index < -0.39 is 5.97 Å². The summed E-state index contributed by atoms with van der Waals surface area (Å²) >= 11 is 0. The molecule has 0 amide bonds. The third kappa shape index (κ3) is 2.45. The maximum atomic E-state index is 10.7. The molecule has 80 valence electrons. The number of ether oxygens (including phenoxy) is 1. The molecular formula is C10H17NO3. The zero-order valence-corrected chi connectivity index (χ0v) is 8.32. The van der Waals surface area contributed by atoms with E-state index in [1.165, 1.54) is 12.8 Å². The summed E-state index contributed by atoms with van der Waals surface area (Å²) in [7, 11) is 0. The van der Waals surface area contributed by atoms with Crippen LogP contribution in [0.15, 0.2) is 0 Å². The standard InChI is InChI=1S/C10H17NO3/c12-10(13)7-11(8-1-2-8)9-3-5-14-6-4-9/h8-9H,1-7H2,(H,12,13). The molecule has 0 unspecified atom stereocenters. The molecule has 1 N–H and O–H groups in total. The van der Waals surface area contributed by atoms with Crippen LogP contribution in [0.25, 0.3) is 0 Å². The van der Waals surface area contributed by atoms with Gasteiger partial charge >= 0.3 is 5.97 Å². The minimum atomic E-state index is -0.705. The summed E-state index contributed by atoms with van der Waals surface area (Å²) < 4.78 is 5.28. The van der Waals surface area contributed by atoms with E-state index >= 15 is 0 Å². The van der Waals surface area contributed by atoms with Crippen LogP contribution in [-0.2, 0) is 9.53 Å². The van der Waals surface area contributed by atoms with Gasteiger partial charge in [0, 0.05) is 25.3 Å². The Hall–Kier alpha value is -0.610. The molecule has 4 nitrogen and oxygen atoms in total. The summed E-state index contributed by atoms with van der Waals surface area (Å²) in [5.74, 6) is -0.705. The number of carboxylic acid groups (broad SMARTS) is 1. The molecule has 14 heavy (non-hydrogen) atoms. The van der Waals surface area contributed by atoms with Crippen LogP contribution in [0.4, 0.5) is 0 Å². The van der Waals surface area contributed by atoms with Gasteiger partial charge in [0.1, 0.15) is 0 Å². The molecule has 0 atom stereocenters. The molecule has 0 aromatic rings. The SMILES string of the molecule is O=C(O)CN(C1CCOCC1)C1CC1. The van der Waals surface area contributed by atoms with Crippen LogP contribution in [0.3, 0.4) is 0 Å². The lowest BCUT2D eigenvalue weighted by Crippen LogP contribution is -2.43. The number of hydrogen-bond acceptors (Lipinski definition) is 3. The maximum absolute atomic E-state index is 10.7. The van der Waals surface area contributed by atoms with Crippen molar-refractivity contribution in [1.29, 1.82) is 0 Å². The molecule has 2 rings (SSSR count). The van der Waals surface area contributed by atoms with Crippen molar-refractivity contribution in [3.8, 4) is 0 Å². The van der Waals surface area contributed by atoms with Crippen LogP contribution >= 0.6 is 0 Å². The van der Waals surface area contributed by atoms with Crippen molar-refractivity contribution in [1.82, 2.24) is 4.90 Å². The minimum Gasteiger partial charge on any atom is -0.480 e. The molecule has 0 radical (unpaired) electrons. The van der Waals surface area contributed by atoms with Crippen LogP contribution in [0.2, 0.25) is 0 Å². The van der Waals surface area contributed by atoms with E-state index in [0.29, 0.717) is 12.1 Å². The highest BCUT2D eigenvalue weighted by atomic mass is 16.5. The quantitative estimate of drug-likeness (QED) is 0.724. The van der Waals surface area contributed by atoms with Crippen molar-refractivity contribution >= 4 is 5.97 Å². The molecule has 4 heteroatoms. The average Bonchev–Trinajstić information content (AvgIpc) is 2.99. The number of rotatable bonds is 4. The fourth-order valence-corrected chi connectivity index (χ4v) is 2.14. The summed E-state index contributed by atoms with van der Waals surface area (Å²) in [6.07, 6.45) is 4.32. The summed E-state index contributed by atoms with van der Waals surface area (Å²) in [6.45, 7) is 1.77.